The third-order valence-corrected chi connectivity index (χ3v) is 6.44. The van der Waals surface area contributed by atoms with E-state index in [4.69, 9.17) is 26.4 Å². The van der Waals surface area contributed by atoms with E-state index in [1.807, 2.05) is 43.3 Å². The molecule has 1 aliphatic heterocycles. The van der Waals surface area contributed by atoms with Gasteiger partial charge in [0.25, 0.3) is 5.69 Å². The number of nitro benzene ring substituents is 1. The summed E-state index contributed by atoms with van der Waals surface area (Å²) < 4.78 is 17.2. The van der Waals surface area contributed by atoms with Crippen LogP contribution in [0.1, 0.15) is 22.7 Å². The van der Waals surface area contributed by atoms with E-state index in [1.165, 1.54) is 12.1 Å². The van der Waals surface area contributed by atoms with E-state index in [2.05, 4.69) is 10.2 Å². The second kappa shape index (κ2) is 10.6. The van der Waals surface area contributed by atoms with Gasteiger partial charge in [-0.05, 0) is 72.6 Å². The molecule has 0 fully saturated rings. The summed E-state index contributed by atoms with van der Waals surface area (Å²) in [4.78, 5) is 12.7. The molecule has 0 radical (unpaired) electrons. The van der Waals surface area contributed by atoms with Gasteiger partial charge in [-0.25, -0.2) is 0 Å². The van der Waals surface area contributed by atoms with Crippen LogP contribution in [0.5, 0.6) is 17.2 Å². The Morgan fingerprint density at radius 2 is 1.80 bits per heavy atom. The molecule has 3 aromatic rings. The summed E-state index contributed by atoms with van der Waals surface area (Å²) in [5.41, 5.74) is 4.23. The number of methoxy groups -OCH3 is 2. The van der Waals surface area contributed by atoms with Crippen LogP contribution in [0.4, 0.5) is 11.4 Å². The minimum atomic E-state index is -0.432. The molecule has 8 nitrogen and oxygen atoms in total. The Morgan fingerprint density at radius 1 is 1.11 bits per heavy atom. The zero-order valence-corrected chi connectivity index (χ0v) is 20.6. The molecule has 1 aliphatic rings. The first-order chi connectivity index (χ1) is 16.9. The Kier molecular flexibility index (Phi) is 7.36. The van der Waals surface area contributed by atoms with Crippen LogP contribution in [0, 0.1) is 17.0 Å². The zero-order valence-electron chi connectivity index (χ0n) is 19.8. The number of hydrogen-bond acceptors (Lipinski definition) is 6. The quantitative estimate of drug-likeness (QED) is 0.270. The van der Waals surface area contributed by atoms with Crippen LogP contribution in [0.3, 0.4) is 0 Å². The summed E-state index contributed by atoms with van der Waals surface area (Å²) >= 11 is 5.84. The number of nitrogens with one attached hydrogen (secondary N) is 1. The third kappa shape index (κ3) is 5.30. The van der Waals surface area contributed by atoms with Crippen molar-refractivity contribution < 1.29 is 19.1 Å². The van der Waals surface area contributed by atoms with Crippen molar-refractivity contribution in [2.45, 2.75) is 19.4 Å². The summed E-state index contributed by atoms with van der Waals surface area (Å²) in [5, 5.41) is 14.9. The molecular weight excluding hydrogens is 466 g/mol. The van der Waals surface area contributed by atoms with E-state index in [0.29, 0.717) is 28.9 Å². The third-order valence-electron chi connectivity index (χ3n) is 6.11. The predicted octanol–water partition coefficient (Wildman–Crippen LogP) is 5.30. The maximum absolute atomic E-state index is 11.0. The van der Waals surface area contributed by atoms with Crippen molar-refractivity contribution in [2.75, 3.05) is 32.7 Å². The molecule has 0 spiro atoms. The molecule has 0 aliphatic carbocycles. The topological polar surface area (TPSA) is 86.1 Å². The van der Waals surface area contributed by atoms with Gasteiger partial charge in [-0.1, -0.05) is 18.2 Å². The number of aryl methyl sites for hydroxylation is 1. The largest absolute Gasteiger partial charge is 0.493 e. The maximum Gasteiger partial charge on any atom is 0.269 e. The van der Waals surface area contributed by atoms with Gasteiger partial charge >= 0.3 is 0 Å². The normalized spacial score (nSPS) is 14.6. The summed E-state index contributed by atoms with van der Waals surface area (Å²) in [5.74, 6) is 1.85. The van der Waals surface area contributed by atoms with E-state index in [0.717, 1.165) is 28.8 Å². The number of thiocarbonyl (C=S) groups is 1. The second-order valence-corrected chi connectivity index (χ2v) is 8.56. The molecule has 182 valence electrons. The number of para-hydroxylation sites is 1. The first-order valence-corrected chi connectivity index (χ1v) is 11.6. The average molecular weight is 494 g/mol. The van der Waals surface area contributed by atoms with Crippen LogP contribution in [0.2, 0.25) is 0 Å². The van der Waals surface area contributed by atoms with E-state index < -0.39 is 4.92 Å². The SMILES string of the molecule is COc1cc2c(cc1OC)[C@H](COc1ccc([N+](=O)[O-])cc1)N(C(=S)Nc1ccccc1C)CC2. The first kappa shape index (κ1) is 24.3. The van der Waals surface area contributed by atoms with E-state index in [-0.39, 0.29) is 18.3 Å². The molecule has 0 amide bonds. The number of benzene rings is 3. The second-order valence-electron chi connectivity index (χ2n) is 8.17. The van der Waals surface area contributed by atoms with Gasteiger partial charge in [-0.15, -0.1) is 0 Å². The van der Waals surface area contributed by atoms with Crippen molar-refractivity contribution in [3.05, 3.63) is 87.5 Å². The number of rotatable bonds is 7. The lowest BCUT2D eigenvalue weighted by atomic mass is 9.92. The van der Waals surface area contributed by atoms with Crippen molar-refractivity contribution in [2.24, 2.45) is 0 Å². The van der Waals surface area contributed by atoms with E-state index in [1.54, 1.807) is 26.4 Å². The fourth-order valence-corrected chi connectivity index (χ4v) is 4.52. The minimum absolute atomic E-state index is 0.0161. The summed E-state index contributed by atoms with van der Waals surface area (Å²) in [7, 11) is 3.23. The molecule has 9 heteroatoms. The lowest BCUT2D eigenvalue weighted by molar-refractivity contribution is -0.384. The van der Waals surface area contributed by atoms with E-state index in [9.17, 15) is 10.1 Å². The van der Waals surface area contributed by atoms with Gasteiger partial charge in [0.2, 0.25) is 0 Å². The number of ether oxygens (including phenoxy) is 3. The van der Waals surface area contributed by atoms with Gasteiger partial charge in [-0.2, -0.15) is 0 Å². The molecular formula is C26H27N3O5S. The molecule has 0 saturated heterocycles. The Morgan fingerprint density at radius 3 is 2.46 bits per heavy atom. The van der Waals surface area contributed by atoms with Crippen molar-refractivity contribution in [3.8, 4) is 17.2 Å². The Bertz CT molecular complexity index is 1230. The minimum Gasteiger partial charge on any atom is -0.493 e. The Hall–Kier alpha value is -3.85. The predicted molar refractivity (Wildman–Crippen MR) is 139 cm³/mol. The van der Waals surface area contributed by atoms with Crippen LogP contribution in [0.25, 0.3) is 0 Å². The van der Waals surface area contributed by atoms with Gasteiger partial charge in [-0.3, -0.25) is 10.1 Å². The highest BCUT2D eigenvalue weighted by Gasteiger charge is 2.31. The van der Waals surface area contributed by atoms with Crippen LogP contribution < -0.4 is 19.5 Å². The Balaban J connectivity index is 1.64. The maximum atomic E-state index is 11.0. The number of hydrogen-bond donors (Lipinski definition) is 1. The lowest BCUT2D eigenvalue weighted by Crippen LogP contribution is -2.44. The first-order valence-electron chi connectivity index (χ1n) is 11.2. The molecule has 1 N–H and O–H groups in total. The zero-order chi connectivity index (χ0) is 24.9. The number of anilines is 1. The Labute approximate surface area is 209 Å². The van der Waals surface area contributed by atoms with Crippen molar-refractivity contribution in [1.29, 1.82) is 0 Å². The molecule has 1 atom stereocenters. The van der Waals surface area contributed by atoms with Gasteiger partial charge in [0.05, 0.1) is 25.2 Å². The van der Waals surface area contributed by atoms with Gasteiger partial charge in [0, 0.05) is 24.4 Å². The van der Waals surface area contributed by atoms with Crippen molar-refractivity contribution >= 4 is 28.7 Å². The number of fused-ring (bicyclic) bond motifs is 1. The smallest absolute Gasteiger partial charge is 0.269 e. The monoisotopic (exact) mass is 493 g/mol. The molecule has 1 heterocycles. The summed E-state index contributed by atoms with van der Waals surface area (Å²) in [6.45, 7) is 3.01. The molecule has 0 bridgehead atoms. The highest BCUT2D eigenvalue weighted by Crippen LogP contribution is 2.39. The fraction of sp³-hybridized carbons (Fsp3) is 0.269. The summed E-state index contributed by atoms with van der Waals surface area (Å²) in [6.07, 6.45) is 0.777. The van der Waals surface area contributed by atoms with Crippen molar-refractivity contribution in [1.82, 2.24) is 4.90 Å². The average Bonchev–Trinajstić information content (AvgIpc) is 2.87. The highest BCUT2D eigenvalue weighted by molar-refractivity contribution is 7.80. The molecule has 4 rings (SSSR count). The van der Waals surface area contributed by atoms with Crippen LogP contribution in [-0.2, 0) is 6.42 Å². The van der Waals surface area contributed by atoms with Crippen molar-refractivity contribution in [3.63, 3.8) is 0 Å². The van der Waals surface area contributed by atoms with Crippen LogP contribution in [-0.4, -0.2) is 42.3 Å². The highest BCUT2D eigenvalue weighted by atomic mass is 32.1. The van der Waals surface area contributed by atoms with Gasteiger partial charge in [0.1, 0.15) is 12.4 Å². The van der Waals surface area contributed by atoms with Crippen LogP contribution in [0.15, 0.2) is 60.7 Å². The van der Waals surface area contributed by atoms with Gasteiger partial charge in [0.15, 0.2) is 16.6 Å². The number of non-ortho nitro benzene ring substituents is 1. The number of nitrogens with zero attached hydrogens (tertiary/aromatic N) is 2. The van der Waals surface area contributed by atoms with E-state index >= 15 is 0 Å². The van der Waals surface area contributed by atoms with Crippen LogP contribution >= 0.6 is 12.2 Å². The molecule has 0 saturated carbocycles. The standard InChI is InChI=1S/C26H27N3O5S/c1-17-6-4-5-7-22(17)27-26(35)28-13-12-18-14-24(32-2)25(33-3)15-21(18)23(28)16-34-20-10-8-19(9-11-20)29(30)31/h4-11,14-15,23H,12-13,16H2,1-3H3,(H,27,35)/t23-/m0/s1. The summed E-state index contributed by atoms with van der Waals surface area (Å²) in [6, 6.07) is 17.8. The molecule has 0 aromatic heterocycles. The lowest BCUT2D eigenvalue weighted by Gasteiger charge is -2.39. The fourth-order valence-electron chi connectivity index (χ4n) is 4.19. The molecule has 0 unspecified atom stereocenters. The molecule has 3 aromatic carbocycles. The number of nitro groups is 1. The van der Waals surface area contributed by atoms with Gasteiger partial charge < -0.3 is 24.4 Å². The molecule has 35 heavy (non-hydrogen) atoms.